The molecule has 1 saturated heterocycles. The molecule has 3 rings (SSSR count). The number of aromatic amines is 1. The second-order valence-corrected chi connectivity index (χ2v) is 5.67. The number of aliphatic carboxylic acids is 1. The number of carbonyl (C=O) groups is 1. The van der Waals surface area contributed by atoms with Crippen molar-refractivity contribution < 1.29 is 20.1 Å². The molecule has 0 amide bonds. The Morgan fingerprint density at radius 1 is 1.43 bits per heavy atom. The Kier molecular flexibility index (Phi) is 3.35. The molecule has 6 nitrogen and oxygen atoms in total. The number of aliphatic hydroxyl groups excluding tert-OH is 1. The molecule has 4 N–H and O–H groups in total. The average molecular weight is 290 g/mol. The number of nitrogens with one attached hydrogen (secondary N) is 1. The van der Waals surface area contributed by atoms with Crippen LogP contribution in [0.1, 0.15) is 18.2 Å². The maximum Gasteiger partial charge on any atom is 0.310 e. The summed E-state index contributed by atoms with van der Waals surface area (Å²) < 4.78 is 0. The van der Waals surface area contributed by atoms with Gasteiger partial charge in [0.15, 0.2) is 0 Å². The minimum atomic E-state index is -0.970. The van der Waals surface area contributed by atoms with Crippen molar-refractivity contribution in [3.63, 3.8) is 0 Å². The zero-order valence-electron chi connectivity index (χ0n) is 11.7. The van der Waals surface area contributed by atoms with E-state index in [-0.39, 0.29) is 11.8 Å². The normalized spacial score (nSPS) is 27.0. The summed E-state index contributed by atoms with van der Waals surface area (Å²) in [4.78, 5) is 16.2. The smallest absolute Gasteiger partial charge is 0.310 e. The summed E-state index contributed by atoms with van der Waals surface area (Å²) in [6.45, 7) is 0.294. The van der Waals surface area contributed by atoms with Crippen LogP contribution in [-0.2, 0) is 4.79 Å². The highest BCUT2D eigenvalue weighted by Crippen LogP contribution is 2.35. The van der Waals surface area contributed by atoms with Gasteiger partial charge in [-0.2, -0.15) is 0 Å². The van der Waals surface area contributed by atoms with Gasteiger partial charge >= 0.3 is 5.97 Å². The number of aromatic nitrogens is 1. The quantitative estimate of drug-likeness (QED) is 0.669. The van der Waals surface area contributed by atoms with E-state index in [4.69, 9.17) is 5.11 Å². The van der Waals surface area contributed by atoms with Crippen molar-refractivity contribution in [3.05, 3.63) is 30.0 Å². The van der Waals surface area contributed by atoms with Gasteiger partial charge in [0.05, 0.1) is 23.6 Å². The number of phenols is 1. The van der Waals surface area contributed by atoms with Gasteiger partial charge < -0.3 is 20.3 Å². The molecular formula is C15H18N2O4. The Morgan fingerprint density at radius 3 is 2.86 bits per heavy atom. The van der Waals surface area contributed by atoms with Gasteiger partial charge in [-0.3, -0.25) is 9.69 Å². The molecule has 2 aromatic rings. The SMILES string of the molecule is CN1CC(C(=O)O)C(O)CC1c1cc2cccc(O)c2[nH]1. The third-order valence-electron chi connectivity index (χ3n) is 4.28. The maximum absolute atomic E-state index is 11.1. The van der Waals surface area contributed by atoms with Gasteiger partial charge in [0.1, 0.15) is 5.75 Å². The molecule has 112 valence electrons. The molecular weight excluding hydrogens is 272 g/mol. The van der Waals surface area contributed by atoms with Crippen molar-refractivity contribution in [2.24, 2.45) is 5.92 Å². The minimum absolute atomic E-state index is 0.0950. The number of aromatic hydroxyl groups is 1. The Morgan fingerprint density at radius 2 is 2.19 bits per heavy atom. The highest BCUT2D eigenvalue weighted by atomic mass is 16.4. The standard InChI is InChI=1S/C15H18N2O4/c1-17-7-9(15(20)21)13(19)6-11(17)10-5-8-3-2-4-12(18)14(8)16-10/h2-5,9,11,13,16,18-19H,6-7H2,1H3,(H,20,21). The van der Waals surface area contributed by atoms with E-state index in [1.165, 1.54) is 0 Å². The molecule has 3 unspecified atom stereocenters. The Labute approximate surface area is 121 Å². The van der Waals surface area contributed by atoms with Gasteiger partial charge in [-0.1, -0.05) is 12.1 Å². The summed E-state index contributed by atoms with van der Waals surface area (Å²) in [7, 11) is 1.85. The summed E-state index contributed by atoms with van der Waals surface area (Å²) in [6, 6.07) is 7.12. The van der Waals surface area contributed by atoms with Crippen molar-refractivity contribution in [2.45, 2.75) is 18.6 Å². The first-order valence-corrected chi connectivity index (χ1v) is 6.89. The van der Waals surface area contributed by atoms with Crippen molar-refractivity contribution in [1.29, 1.82) is 0 Å². The van der Waals surface area contributed by atoms with Crippen molar-refractivity contribution in [1.82, 2.24) is 9.88 Å². The molecule has 0 bridgehead atoms. The van der Waals surface area contributed by atoms with Crippen LogP contribution in [0, 0.1) is 5.92 Å². The molecule has 1 aromatic carbocycles. The van der Waals surface area contributed by atoms with E-state index in [9.17, 15) is 15.0 Å². The Hall–Kier alpha value is -2.05. The van der Waals surface area contributed by atoms with Crippen LogP contribution in [0.15, 0.2) is 24.3 Å². The molecule has 3 atom stereocenters. The average Bonchev–Trinajstić information content (AvgIpc) is 2.86. The number of rotatable bonds is 2. The second kappa shape index (κ2) is 5.05. The lowest BCUT2D eigenvalue weighted by molar-refractivity contribution is -0.150. The number of para-hydroxylation sites is 1. The zero-order valence-corrected chi connectivity index (χ0v) is 11.7. The molecule has 0 radical (unpaired) electrons. The van der Waals surface area contributed by atoms with Crippen molar-refractivity contribution in [3.8, 4) is 5.75 Å². The molecule has 0 spiro atoms. The Balaban J connectivity index is 1.92. The van der Waals surface area contributed by atoms with Gasteiger partial charge in [0.25, 0.3) is 0 Å². The maximum atomic E-state index is 11.1. The summed E-state index contributed by atoms with van der Waals surface area (Å²) in [5.41, 5.74) is 1.53. The summed E-state index contributed by atoms with van der Waals surface area (Å²) in [5, 5.41) is 29.9. The third kappa shape index (κ3) is 2.36. The first-order chi connectivity index (χ1) is 9.97. The lowest BCUT2D eigenvalue weighted by Crippen LogP contribution is -2.46. The fourth-order valence-electron chi connectivity index (χ4n) is 3.08. The number of likely N-dealkylation sites (tertiary alicyclic amines) is 1. The Bertz CT molecular complexity index is 681. The predicted molar refractivity (Wildman–Crippen MR) is 77.1 cm³/mol. The van der Waals surface area contributed by atoms with Crippen LogP contribution < -0.4 is 0 Å². The number of aliphatic hydroxyl groups is 1. The van der Waals surface area contributed by atoms with Crippen LogP contribution in [0.5, 0.6) is 5.75 Å². The fourth-order valence-corrected chi connectivity index (χ4v) is 3.08. The van der Waals surface area contributed by atoms with E-state index in [0.29, 0.717) is 18.5 Å². The molecule has 1 aromatic heterocycles. The number of carboxylic acid groups (broad SMARTS) is 1. The van der Waals surface area contributed by atoms with E-state index >= 15 is 0 Å². The van der Waals surface area contributed by atoms with Crippen molar-refractivity contribution in [2.75, 3.05) is 13.6 Å². The number of piperidine rings is 1. The van der Waals surface area contributed by atoms with Crippen LogP contribution >= 0.6 is 0 Å². The molecule has 1 aliphatic rings. The number of carboxylic acids is 1. The summed E-state index contributed by atoms with van der Waals surface area (Å²) in [5.74, 6) is -1.55. The highest BCUT2D eigenvalue weighted by Gasteiger charge is 2.38. The number of H-pyrrole nitrogens is 1. The van der Waals surface area contributed by atoms with E-state index in [0.717, 1.165) is 11.1 Å². The van der Waals surface area contributed by atoms with E-state index in [2.05, 4.69) is 4.98 Å². The number of benzene rings is 1. The lowest BCUT2D eigenvalue weighted by atomic mass is 9.89. The van der Waals surface area contributed by atoms with Gasteiger partial charge in [-0.05, 0) is 25.6 Å². The van der Waals surface area contributed by atoms with E-state index in [1.807, 2.05) is 24.1 Å². The zero-order chi connectivity index (χ0) is 15.1. The monoisotopic (exact) mass is 290 g/mol. The van der Waals surface area contributed by atoms with Gasteiger partial charge in [-0.15, -0.1) is 0 Å². The topological polar surface area (TPSA) is 96.8 Å². The van der Waals surface area contributed by atoms with Crippen LogP contribution in [0.25, 0.3) is 10.9 Å². The molecule has 2 heterocycles. The minimum Gasteiger partial charge on any atom is -0.506 e. The predicted octanol–water partition coefficient (Wildman–Crippen LogP) is 1.31. The molecule has 6 heteroatoms. The second-order valence-electron chi connectivity index (χ2n) is 5.67. The first kappa shape index (κ1) is 13.9. The van der Waals surface area contributed by atoms with Crippen LogP contribution in [-0.4, -0.2) is 50.9 Å². The van der Waals surface area contributed by atoms with E-state index in [1.54, 1.807) is 12.1 Å². The summed E-state index contributed by atoms with van der Waals surface area (Å²) >= 11 is 0. The fraction of sp³-hybridized carbons (Fsp3) is 0.400. The molecule has 21 heavy (non-hydrogen) atoms. The number of fused-ring (bicyclic) bond motifs is 1. The highest BCUT2D eigenvalue weighted by molar-refractivity contribution is 5.85. The van der Waals surface area contributed by atoms with Gasteiger partial charge in [-0.25, -0.2) is 0 Å². The van der Waals surface area contributed by atoms with Crippen LogP contribution in [0.3, 0.4) is 0 Å². The largest absolute Gasteiger partial charge is 0.506 e. The van der Waals surface area contributed by atoms with Crippen LogP contribution in [0.2, 0.25) is 0 Å². The van der Waals surface area contributed by atoms with Gasteiger partial charge in [0, 0.05) is 17.6 Å². The third-order valence-corrected chi connectivity index (χ3v) is 4.28. The molecule has 0 saturated carbocycles. The van der Waals surface area contributed by atoms with Crippen molar-refractivity contribution >= 4 is 16.9 Å². The van der Waals surface area contributed by atoms with E-state index < -0.39 is 18.0 Å². The lowest BCUT2D eigenvalue weighted by Gasteiger charge is -2.38. The summed E-state index contributed by atoms with van der Waals surface area (Å²) in [6.07, 6.45) is -0.523. The first-order valence-electron chi connectivity index (χ1n) is 6.89. The number of nitrogens with zero attached hydrogens (tertiary/aromatic N) is 1. The van der Waals surface area contributed by atoms with Crippen LogP contribution in [0.4, 0.5) is 0 Å². The number of hydrogen-bond donors (Lipinski definition) is 4. The molecule has 1 aliphatic heterocycles. The number of phenolic OH excluding ortho intramolecular Hbond substituents is 1. The van der Waals surface area contributed by atoms with Gasteiger partial charge in [0.2, 0.25) is 0 Å². The molecule has 1 fully saturated rings. The number of hydrogen-bond acceptors (Lipinski definition) is 4. The molecule has 0 aliphatic carbocycles.